The van der Waals surface area contributed by atoms with E-state index in [1.54, 1.807) is 55.5 Å². The summed E-state index contributed by atoms with van der Waals surface area (Å²) in [6, 6.07) is 17.4. The Balaban J connectivity index is 1.57. The van der Waals surface area contributed by atoms with Crippen LogP contribution in [0.1, 0.15) is 24.4 Å². The highest BCUT2D eigenvalue weighted by Gasteiger charge is 2.15. The van der Waals surface area contributed by atoms with Crippen molar-refractivity contribution >= 4 is 46.5 Å². The minimum absolute atomic E-state index is 0.153. The molecule has 30 heavy (non-hydrogen) atoms. The lowest BCUT2D eigenvalue weighted by atomic mass is 10.2. The molecule has 0 spiro atoms. The zero-order valence-electron chi connectivity index (χ0n) is 16.5. The highest BCUT2D eigenvalue weighted by Crippen LogP contribution is 2.27. The summed E-state index contributed by atoms with van der Waals surface area (Å²) >= 11 is 1.38. The van der Waals surface area contributed by atoms with Crippen LogP contribution in [0.15, 0.2) is 76.2 Å². The number of amides is 3. The van der Waals surface area contributed by atoms with Gasteiger partial charge in [-0.05, 0) is 61.5 Å². The predicted octanol–water partition coefficient (Wildman–Crippen LogP) is 4.61. The van der Waals surface area contributed by atoms with Crippen molar-refractivity contribution < 1.29 is 18.8 Å². The number of benzene rings is 2. The summed E-state index contributed by atoms with van der Waals surface area (Å²) in [5, 5.41) is 7.93. The molecule has 1 atom stereocenters. The maximum absolute atomic E-state index is 12.5. The number of nitrogens with one attached hydrogen (secondary N) is 3. The molecule has 0 radical (unpaired) electrons. The summed E-state index contributed by atoms with van der Waals surface area (Å²) in [6.45, 7) is 3.24. The molecule has 0 saturated carbocycles. The Morgan fingerprint density at radius 3 is 2.20 bits per heavy atom. The van der Waals surface area contributed by atoms with Crippen molar-refractivity contribution in [3.63, 3.8) is 0 Å². The van der Waals surface area contributed by atoms with Gasteiger partial charge in [0.15, 0.2) is 5.76 Å². The Hall–Kier alpha value is -3.52. The quantitative estimate of drug-likeness (QED) is 0.482. The van der Waals surface area contributed by atoms with Crippen molar-refractivity contribution in [3.8, 4) is 0 Å². The average molecular weight is 423 g/mol. The number of carbonyl (C=O) groups is 3. The van der Waals surface area contributed by atoms with E-state index in [1.807, 2.05) is 12.1 Å². The Labute approximate surface area is 178 Å². The molecule has 3 rings (SSSR count). The Kier molecular flexibility index (Phi) is 6.92. The summed E-state index contributed by atoms with van der Waals surface area (Å²) in [5.74, 6) is -0.419. The summed E-state index contributed by atoms with van der Waals surface area (Å²) < 4.78 is 5.09. The summed E-state index contributed by atoms with van der Waals surface area (Å²) in [5.41, 5.74) is 1.92. The second-order valence-electron chi connectivity index (χ2n) is 6.47. The fourth-order valence-electron chi connectivity index (χ4n) is 2.59. The van der Waals surface area contributed by atoms with E-state index in [1.165, 1.54) is 24.9 Å². The second kappa shape index (κ2) is 9.80. The number of hydrogen-bond donors (Lipinski definition) is 3. The molecule has 0 aliphatic heterocycles. The summed E-state index contributed by atoms with van der Waals surface area (Å²) in [6.07, 6.45) is 1.44. The number of carbonyl (C=O) groups excluding carboxylic acids is 3. The predicted molar refractivity (Wildman–Crippen MR) is 118 cm³/mol. The Bertz CT molecular complexity index is 1030. The van der Waals surface area contributed by atoms with Gasteiger partial charge in [0.1, 0.15) is 0 Å². The van der Waals surface area contributed by atoms with Crippen molar-refractivity contribution in [1.29, 1.82) is 0 Å². The van der Waals surface area contributed by atoms with Crippen molar-refractivity contribution in [2.75, 3.05) is 16.0 Å². The molecular weight excluding hydrogens is 402 g/mol. The SMILES string of the molecule is CC(=O)Nc1ccc(NC(=O)C(C)Sc2cccc(NC(=O)c3ccco3)c2)cc1. The van der Waals surface area contributed by atoms with Gasteiger partial charge in [-0.1, -0.05) is 6.07 Å². The number of thioether (sulfide) groups is 1. The van der Waals surface area contributed by atoms with E-state index in [-0.39, 0.29) is 28.7 Å². The van der Waals surface area contributed by atoms with E-state index in [2.05, 4.69) is 16.0 Å². The van der Waals surface area contributed by atoms with Crippen molar-refractivity contribution in [3.05, 3.63) is 72.7 Å². The van der Waals surface area contributed by atoms with Gasteiger partial charge in [0.25, 0.3) is 5.91 Å². The first-order chi connectivity index (χ1) is 14.4. The highest BCUT2D eigenvalue weighted by molar-refractivity contribution is 8.00. The molecule has 3 aromatic rings. The smallest absolute Gasteiger partial charge is 0.291 e. The minimum atomic E-state index is -0.365. The molecule has 1 aromatic heterocycles. The zero-order valence-corrected chi connectivity index (χ0v) is 17.3. The van der Waals surface area contributed by atoms with Crippen LogP contribution in [0.25, 0.3) is 0 Å². The van der Waals surface area contributed by atoms with Crippen LogP contribution in [0.2, 0.25) is 0 Å². The number of rotatable bonds is 7. The van der Waals surface area contributed by atoms with Gasteiger partial charge in [0, 0.05) is 28.9 Å². The Morgan fingerprint density at radius 1 is 0.867 bits per heavy atom. The molecule has 154 valence electrons. The minimum Gasteiger partial charge on any atom is -0.459 e. The van der Waals surface area contributed by atoms with Gasteiger partial charge < -0.3 is 20.4 Å². The second-order valence-corrected chi connectivity index (χ2v) is 7.88. The fraction of sp³-hybridized carbons (Fsp3) is 0.136. The fourth-order valence-corrected chi connectivity index (χ4v) is 3.52. The molecule has 7 nitrogen and oxygen atoms in total. The highest BCUT2D eigenvalue weighted by atomic mass is 32.2. The van der Waals surface area contributed by atoms with Crippen LogP contribution < -0.4 is 16.0 Å². The van der Waals surface area contributed by atoms with E-state index >= 15 is 0 Å². The van der Waals surface area contributed by atoms with Crippen LogP contribution in [0.5, 0.6) is 0 Å². The summed E-state index contributed by atoms with van der Waals surface area (Å²) in [7, 11) is 0. The molecule has 8 heteroatoms. The standard InChI is InChI=1S/C22H21N3O4S/c1-14(21(27)24-17-10-8-16(9-11-17)23-15(2)26)30-19-6-3-5-18(13-19)25-22(28)20-7-4-12-29-20/h3-14H,1-2H3,(H,23,26)(H,24,27)(H,25,28). The van der Waals surface area contributed by atoms with Crippen LogP contribution in [0.3, 0.4) is 0 Å². The molecule has 2 aromatic carbocycles. The number of anilines is 3. The molecule has 0 saturated heterocycles. The lowest BCUT2D eigenvalue weighted by Gasteiger charge is -2.13. The van der Waals surface area contributed by atoms with Gasteiger partial charge in [-0.3, -0.25) is 14.4 Å². The molecule has 0 bridgehead atoms. The monoisotopic (exact) mass is 423 g/mol. The third-order valence-electron chi connectivity index (χ3n) is 3.99. The van der Waals surface area contributed by atoms with Crippen molar-refractivity contribution in [1.82, 2.24) is 0 Å². The van der Waals surface area contributed by atoms with Crippen molar-refractivity contribution in [2.24, 2.45) is 0 Å². The van der Waals surface area contributed by atoms with E-state index in [0.29, 0.717) is 17.1 Å². The molecule has 1 heterocycles. The van der Waals surface area contributed by atoms with Gasteiger partial charge >= 0.3 is 0 Å². The molecule has 1 unspecified atom stereocenters. The van der Waals surface area contributed by atoms with Crippen LogP contribution in [-0.2, 0) is 9.59 Å². The third kappa shape index (κ3) is 5.99. The molecule has 0 fully saturated rings. The van der Waals surface area contributed by atoms with Crippen LogP contribution >= 0.6 is 11.8 Å². The number of furan rings is 1. The van der Waals surface area contributed by atoms with Gasteiger partial charge in [-0.15, -0.1) is 11.8 Å². The number of hydrogen-bond acceptors (Lipinski definition) is 5. The van der Waals surface area contributed by atoms with Crippen LogP contribution in [0.4, 0.5) is 17.1 Å². The first-order valence-electron chi connectivity index (χ1n) is 9.21. The maximum atomic E-state index is 12.5. The maximum Gasteiger partial charge on any atom is 0.291 e. The first-order valence-corrected chi connectivity index (χ1v) is 10.1. The summed E-state index contributed by atoms with van der Waals surface area (Å²) in [4.78, 5) is 36.5. The average Bonchev–Trinajstić information content (AvgIpc) is 3.24. The zero-order chi connectivity index (χ0) is 21.5. The third-order valence-corrected chi connectivity index (χ3v) is 5.09. The molecule has 3 amide bonds. The van der Waals surface area contributed by atoms with Crippen LogP contribution in [-0.4, -0.2) is 23.0 Å². The molecular formula is C22H21N3O4S. The lowest BCUT2D eigenvalue weighted by molar-refractivity contribution is -0.115. The van der Waals surface area contributed by atoms with Gasteiger partial charge in [-0.2, -0.15) is 0 Å². The first kappa shape index (κ1) is 21.2. The van der Waals surface area contributed by atoms with E-state index < -0.39 is 0 Å². The largest absolute Gasteiger partial charge is 0.459 e. The molecule has 0 aliphatic rings. The van der Waals surface area contributed by atoms with Gasteiger partial charge in [-0.25, -0.2) is 0 Å². The lowest BCUT2D eigenvalue weighted by Crippen LogP contribution is -2.22. The molecule has 3 N–H and O–H groups in total. The van der Waals surface area contributed by atoms with Crippen molar-refractivity contribution in [2.45, 2.75) is 24.0 Å². The Morgan fingerprint density at radius 2 is 1.57 bits per heavy atom. The van der Waals surface area contributed by atoms with Gasteiger partial charge in [0.2, 0.25) is 11.8 Å². The van der Waals surface area contributed by atoms with E-state index in [9.17, 15) is 14.4 Å². The normalized spacial score (nSPS) is 11.4. The van der Waals surface area contributed by atoms with Gasteiger partial charge in [0.05, 0.1) is 11.5 Å². The van der Waals surface area contributed by atoms with E-state index in [4.69, 9.17) is 4.42 Å². The molecule has 0 aliphatic carbocycles. The topological polar surface area (TPSA) is 100 Å². The van der Waals surface area contributed by atoms with Crippen LogP contribution in [0, 0.1) is 0 Å². The van der Waals surface area contributed by atoms with E-state index in [0.717, 1.165) is 4.90 Å².